The van der Waals surface area contributed by atoms with Gasteiger partial charge in [0.1, 0.15) is 11.6 Å². The van der Waals surface area contributed by atoms with E-state index >= 15 is 0 Å². The van der Waals surface area contributed by atoms with Gasteiger partial charge in [-0.2, -0.15) is 0 Å². The highest BCUT2D eigenvalue weighted by molar-refractivity contribution is 6.30. The van der Waals surface area contributed by atoms with E-state index in [0.717, 1.165) is 18.4 Å². The van der Waals surface area contributed by atoms with Crippen molar-refractivity contribution in [3.8, 4) is 0 Å². The topological polar surface area (TPSA) is 109 Å². The van der Waals surface area contributed by atoms with Crippen LogP contribution in [0.1, 0.15) is 64.9 Å². The molecule has 1 aromatic heterocycles. The van der Waals surface area contributed by atoms with Gasteiger partial charge < -0.3 is 20.7 Å². The third-order valence-corrected chi connectivity index (χ3v) is 7.68. The molecule has 4 rings (SSSR count). The van der Waals surface area contributed by atoms with Crippen molar-refractivity contribution in [1.82, 2.24) is 15.6 Å². The molecule has 0 spiro atoms. The molecule has 2 aliphatic carbocycles. The molecule has 0 saturated heterocycles. The maximum absolute atomic E-state index is 13.5. The van der Waals surface area contributed by atoms with E-state index in [-0.39, 0.29) is 29.1 Å². The lowest BCUT2D eigenvalue weighted by Crippen LogP contribution is -2.53. The summed E-state index contributed by atoms with van der Waals surface area (Å²) in [5, 5.41) is 9.56. The molecule has 1 heterocycles. The zero-order valence-corrected chi connectivity index (χ0v) is 23.0. The molecule has 2 aliphatic rings. The Morgan fingerprint density at radius 2 is 1.66 bits per heavy atom. The van der Waals surface area contributed by atoms with Crippen molar-refractivity contribution in [2.75, 3.05) is 11.9 Å². The van der Waals surface area contributed by atoms with Crippen LogP contribution in [0.4, 0.5) is 10.5 Å². The summed E-state index contributed by atoms with van der Waals surface area (Å²) in [6, 6.07) is 10.5. The molecule has 204 valence electrons. The summed E-state index contributed by atoms with van der Waals surface area (Å²) < 4.78 is 5.46. The number of anilines is 1. The Labute approximate surface area is 229 Å². The van der Waals surface area contributed by atoms with Gasteiger partial charge in [0.05, 0.1) is 0 Å². The summed E-state index contributed by atoms with van der Waals surface area (Å²) in [5.74, 6) is -0.502. The predicted octanol–water partition coefficient (Wildman–Crippen LogP) is 5.22. The average Bonchev–Trinajstić information content (AvgIpc) is 3.67. The molecule has 8 nitrogen and oxygen atoms in total. The van der Waals surface area contributed by atoms with Crippen molar-refractivity contribution in [1.29, 1.82) is 0 Å². The van der Waals surface area contributed by atoms with Crippen LogP contribution in [-0.4, -0.2) is 41.1 Å². The molecule has 2 saturated carbocycles. The first-order valence-electron chi connectivity index (χ1n) is 13.3. The highest BCUT2D eigenvalue weighted by Crippen LogP contribution is 2.47. The largest absolute Gasteiger partial charge is 0.444 e. The van der Waals surface area contributed by atoms with Gasteiger partial charge in [0.2, 0.25) is 11.8 Å². The lowest BCUT2D eigenvalue weighted by molar-refractivity contribution is -0.125. The third kappa shape index (κ3) is 7.47. The Kier molecular flexibility index (Phi) is 8.61. The van der Waals surface area contributed by atoms with E-state index in [0.29, 0.717) is 42.9 Å². The Balaban J connectivity index is 1.38. The van der Waals surface area contributed by atoms with E-state index in [4.69, 9.17) is 16.3 Å². The molecule has 3 amide bonds. The third-order valence-electron chi connectivity index (χ3n) is 7.43. The van der Waals surface area contributed by atoms with Crippen LogP contribution < -0.4 is 16.0 Å². The van der Waals surface area contributed by atoms with Crippen LogP contribution in [0.2, 0.25) is 5.02 Å². The van der Waals surface area contributed by atoms with Crippen molar-refractivity contribution in [3.05, 3.63) is 59.4 Å². The van der Waals surface area contributed by atoms with Gasteiger partial charge in [0.25, 0.3) is 0 Å². The van der Waals surface area contributed by atoms with Gasteiger partial charge >= 0.3 is 6.09 Å². The molecule has 0 radical (unpaired) electrons. The summed E-state index contributed by atoms with van der Waals surface area (Å²) in [7, 11) is 0. The maximum atomic E-state index is 13.5. The van der Waals surface area contributed by atoms with Crippen LogP contribution in [0.25, 0.3) is 0 Å². The molecule has 1 unspecified atom stereocenters. The maximum Gasteiger partial charge on any atom is 0.408 e. The molecule has 0 aliphatic heterocycles. The number of amides is 3. The Hall–Kier alpha value is -3.13. The van der Waals surface area contributed by atoms with Crippen LogP contribution in [0.5, 0.6) is 0 Å². The number of alkyl carbamates (subject to hydrolysis) is 1. The van der Waals surface area contributed by atoms with Gasteiger partial charge in [-0.25, -0.2) is 4.79 Å². The van der Waals surface area contributed by atoms with E-state index < -0.39 is 17.7 Å². The minimum atomic E-state index is -0.741. The number of nitrogens with zero attached hydrogens (tertiary/aromatic N) is 1. The standard InChI is InChI=1S/C29H37ClN4O4/c1-28(2,3)38-27(37)34-24(26(36)32-18-29(14-15-29)21-8-10-22(30)11-9-21)19-4-6-20(7-5-19)25(35)33-23-12-16-31-17-13-23/h8-13,16-17,19-20,24H,4-7,14-15,18H2,1-3H3,(H,32,36)(H,34,37)(H,31,33,35). The zero-order valence-electron chi connectivity index (χ0n) is 22.3. The fraction of sp³-hybridized carbons (Fsp3) is 0.517. The SMILES string of the molecule is CC(C)(C)OC(=O)NC(C(=O)NCC1(c2ccc(Cl)cc2)CC1)C1CCC(C(=O)Nc2ccncc2)CC1. The highest BCUT2D eigenvalue weighted by Gasteiger charge is 2.45. The van der Waals surface area contributed by atoms with Crippen LogP contribution >= 0.6 is 11.6 Å². The fourth-order valence-corrected chi connectivity index (χ4v) is 5.24. The van der Waals surface area contributed by atoms with Crippen LogP contribution in [-0.2, 0) is 19.7 Å². The molecule has 9 heteroatoms. The highest BCUT2D eigenvalue weighted by atomic mass is 35.5. The molecule has 1 atom stereocenters. The Bertz CT molecular complexity index is 1120. The number of aromatic nitrogens is 1. The molecule has 0 bridgehead atoms. The molecule has 38 heavy (non-hydrogen) atoms. The number of benzene rings is 1. The van der Waals surface area contributed by atoms with Gasteiger partial charge in [-0.15, -0.1) is 0 Å². The van der Waals surface area contributed by atoms with Gasteiger partial charge in [-0.05, 0) is 95.0 Å². The first-order chi connectivity index (χ1) is 18.0. The van der Waals surface area contributed by atoms with Gasteiger partial charge in [0.15, 0.2) is 0 Å². The fourth-order valence-electron chi connectivity index (χ4n) is 5.11. The van der Waals surface area contributed by atoms with Crippen LogP contribution in [0, 0.1) is 11.8 Å². The number of hydrogen-bond donors (Lipinski definition) is 3. The normalized spacial score (nSPS) is 21.1. The van der Waals surface area contributed by atoms with E-state index in [9.17, 15) is 14.4 Å². The number of hydrogen-bond acceptors (Lipinski definition) is 5. The second-order valence-corrected chi connectivity index (χ2v) is 11.9. The molecular weight excluding hydrogens is 504 g/mol. The number of ether oxygens (including phenoxy) is 1. The predicted molar refractivity (Wildman–Crippen MR) is 147 cm³/mol. The molecule has 3 N–H and O–H groups in total. The number of pyridine rings is 1. The average molecular weight is 541 g/mol. The quantitative estimate of drug-likeness (QED) is 0.425. The number of rotatable bonds is 8. The Morgan fingerprint density at radius 1 is 1.03 bits per heavy atom. The number of carbonyl (C=O) groups excluding carboxylic acids is 3. The van der Waals surface area contributed by atoms with Crippen molar-refractivity contribution in [2.45, 2.75) is 76.4 Å². The van der Waals surface area contributed by atoms with Gasteiger partial charge in [-0.3, -0.25) is 14.6 Å². The van der Waals surface area contributed by atoms with E-state index in [1.54, 1.807) is 45.3 Å². The second kappa shape index (κ2) is 11.7. The monoisotopic (exact) mass is 540 g/mol. The van der Waals surface area contributed by atoms with Gasteiger partial charge in [-0.1, -0.05) is 23.7 Å². The Morgan fingerprint density at radius 3 is 2.24 bits per heavy atom. The molecule has 1 aromatic carbocycles. The zero-order chi connectivity index (χ0) is 27.3. The summed E-state index contributed by atoms with van der Waals surface area (Å²) in [6.07, 6.45) is 7.18. The lowest BCUT2D eigenvalue weighted by atomic mass is 9.77. The van der Waals surface area contributed by atoms with E-state index in [1.165, 1.54) is 0 Å². The minimum Gasteiger partial charge on any atom is -0.444 e. The summed E-state index contributed by atoms with van der Waals surface area (Å²) in [6.45, 7) is 5.86. The number of halogens is 1. The number of nitrogens with one attached hydrogen (secondary N) is 3. The van der Waals surface area contributed by atoms with Crippen LogP contribution in [0.15, 0.2) is 48.8 Å². The lowest BCUT2D eigenvalue weighted by Gasteiger charge is -2.34. The second-order valence-electron chi connectivity index (χ2n) is 11.5. The molecule has 2 aromatic rings. The van der Waals surface area contributed by atoms with Gasteiger partial charge in [0, 0.05) is 41.0 Å². The minimum absolute atomic E-state index is 0.0330. The van der Waals surface area contributed by atoms with Crippen molar-refractivity contribution >= 4 is 35.2 Å². The van der Waals surface area contributed by atoms with E-state index in [1.807, 2.05) is 24.3 Å². The van der Waals surface area contributed by atoms with Crippen molar-refractivity contribution < 1.29 is 19.1 Å². The van der Waals surface area contributed by atoms with Crippen molar-refractivity contribution in [3.63, 3.8) is 0 Å². The molecule has 2 fully saturated rings. The molecular formula is C29H37ClN4O4. The summed E-state index contributed by atoms with van der Waals surface area (Å²) >= 11 is 6.05. The van der Waals surface area contributed by atoms with Crippen molar-refractivity contribution in [2.24, 2.45) is 11.8 Å². The van der Waals surface area contributed by atoms with E-state index in [2.05, 4.69) is 20.9 Å². The first-order valence-corrected chi connectivity index (χ1v) is 13.7. The first kappa shape index (κ1) is 27.9. The smallest absolute Gasteiger partial charge is 0.408 e. The summed E-state index contributed by atoms with van der Waals surface area (Å²) in [5.41, 5.74) is 1.09. The van der Waals surface area contributed by atoms with Crippen LogP contribution in [0.3, 0.4) is 0 Å². The summed E-state index contributed by atoms with van der Waals surface area (Å²) in [4.78, 5) is 42.9. The number of carbonyl (C=O) groups is 3.